The monoisotopic (exact) mass is 177 g/mol. The molecule has 0 aromatic carbocycles. The first-order valence-corrected chi connectivity index (χ1v) is 4.26. The third-order valence-electron chi connectivity index (χ3n) is 1.87. The Hall–Kier alpha value is -1.38. The number of amidine groups is 2. The van der Waals surface area contributed by atoms with Gasteiger partial charge in [0.05, 0.1) is 0 Å². The van der Waals surface area contributed by atoms with Gasteiger partial charge in [-0.1, -0.05) is 6.08 Å². The molecule has 0 radical (unpaired) electrons. The molecule has 3 nitrogen and oxygen atoms in total. The number of rotatable bonds is 0. The summed E-state index contributed by atoms with van der Waals surface area (Å²) in [5.41, 5.74) is 1.08. The van der Waals surface area contributed by atoms with Gasteiger partial charge in [0, 0.05) is 26.7 Å². The number of nitrogens with zero attached hydrogens (tertiary/aromatic N) is 3. The van der Waals surface area contributed by atoms with Crippen LogP contribution in [0.2, 0.25) is 0 Å². The number of hydrogen-bond acceptors (Lipinski definition) is 2. The lowest BCUT2D eigenvalue weighted by atomic mass is 10.1. The molecule has 0 bridgehead atoms. The SMILES string of the molecule is C/C=C1/C=CC(N(C)C)=N/C1=N/C. The molecule has 0 aliphatic carbocycles. The molecule has 1 heterocycles. The Morgan fingerprint density at radius 3 is 2.54 bits per heavy atom. The van der Waals surface area contributed by atoms with E-state index in [1.54, 1.807) is 7.05 Å². The van der Waals surface area contributed by atoms with Gasteiger partial charge >= 0.3 is 0 Å². The van der Waals surface area contributed by atoms with Crippen LogP contribution in [0.15, 0.2) is 33.8 Å². The van der Waals surface area contributed by atoms with Gasteiger partial charge in [-0.3, -0.25) is 4.99 Å². The summed E-state index contributed by atoms with van der Waals surface area (Å²) >= 11 is 0. The van der Waals surface area contributed by atoms with E-state index in [4.69, 9.17) is 0 Å². The van der Waals surface area contributed by atoms with Crippen molar-refractivity contribution in [1.82, 2.24) is 4.90 Å². The molecule has 70 valence electrons. The van der Waals surface area contributed by atoms with Gasteiger partial charge in [0.15, 0.2) is 5.84 Å². The molecule has 0 atom stereocenters. The molecule has 0 saturated carbocycles. The maximum Gasteiger partial charge on any atom is 0.156 e. The Kier molecular flexibility index (Phi) is 3.01. The van der Waals surface area contributed by atoms with Gasteiger partial charge in [-0.25, -0.2) is 4.99 Å². The minimum atomic E-state index is 0.800. The number of likely N-dealkylation sites (N-methyl/N-ethyl adjacent to an activating group) is 1. The molecule has 0 spiro atoms. The summed E-state index contributed by atoms with van der Waals surface area (Å²) in [6, 6.07) is 0. The second kappa shape index (κ2) is 4.03. The minimum Gasteiger partial charge on any atom is -0.363 e. The van der Waals surface area contributed by atoms with Gasteiger partial charge in [0.25, 0.3) is 0 Å². The summed E-state index contributed by atoms with van der Waals surface area (Å²) < 4.78 is 0. The van der Waals surface area contributed by atoms with Crippen molar-refractivity contribution in [3.8, 4) is 0 Å². The predicted molar refractivity (Wildman–Crippen MR) is 57.4 cm³/mol. The molecular weight excluding hydrogens is 162 g/mol. The lowest BCUT2D eigenvalue weighted by Crippen LogP contribution is -2.23. The zero-order valence-electron chi connectivity index (χ0n) is 8.57. The maximum absolute atomic E-state index is 4.39. The standard InChI is InChI=1S/C10H15N3/c1-5-8-6-7-9(13(3)4)12-10(8)11-2/h5-7H,1-4H3/b8-5-,11-10+. The van der Waals surface area contributed by atoms with Crippen molar-refractivity contribution >= 4 is 11.7 Å². The van der Waals surface area contributed by atoms with Gasteiger partial charge in [-0.05, 0) is 19.1 Å². The summed E-state index contributed by atoms with van der Waals surface area (Å²) in [5, 5.41) is 0. The van der Waals surface area contributed by atoms with Crippen LogP contribution in [0.3, 0.4) is 0 Å². The van der Waals surface area contributed by atoms with Crippen LogP contribution in [0, 0.1) is 0 Å². The van der Waals surface area contributed by atoms with Crippen LogP contribution >= 0.6 is 0 Å². The van der Waals surface area contributed by atoms with Crippen LogP contribution in [0.1, 0.15) is 6.92 Å². The zero-order valence-corrected chi connectivity index (χ0v) is 8.57. The summed E-state index contributed by atoms with van der Waals surface area (Å²) in [5.74, 6) is 1.74. The predicted octanol–water partition coefficient (Wildman–Crippen LogP) is 1.49. The molecule has 0 aromatic heterocycles. The maximum atomic E-state index is 4.39. The van der Waals surface area contributed by atoms with Crippen LogP contribution in [-0.4, -0.2) is 37.7 Å². The molecule has 0 aromatic rings. The molecule has 1 aliphatic heterocycles. The highest BCUT2D eigenvalue weighted by molar-refractivity contribution is 6.13. The van der Waals surface area contributed by atoms with E-state index in [-0.39, 0.29) is 0 Å². The van der Waals surface area contributed by atoms with Gasteiger partial charge in [-0.15, -0.1) is 0 Å². The van der Waals surface area contributed by atoms with Crippen molar-refractivity contribution in [2.24, 2.45) is 9.98 Å². The van der Waals surface area contributed by atoms with Crippen LogP contribution in [0.25, 0.3) is 0 Å². The Morgan fingerprint density at radius 2 is 2.08 bits per heavy atom. The molecule has 3 heteroatoms. The Bertz CT molecular complexity index is 306. The average Bonchev–Trinajstić information content (AvgIpc) is 2.16. The molecule has 0 saturated heterocycles. The lowest BCUT2D eigenvalue weighted by Gasteiger charge is -2.16. The molecule has 0 unspecified atom stereocenters. The quantitative estimate of drug-likeness (QED) is 0.551. The van der Waals surface area contributed by atoms with Crippen molar-refractivity contribution in [3.63, 3.8) is 0 Å². The van der Waals surface area contributed by atoms with Crippen LogP contribution < -0.4 is 0 Å². The van der Waals surface area contributed by atoms with Crippen molar-refractivity contribution in [2.45, 2.75) is 6.92 Å². The van der Waals surface area contributed by atoms with Gasteiger partial charge in [0.2, 0.25) is 0 Å². The van der Waals surface area contributed by atoms with E-state index >= 15 is 0 Å². The zero-order chi connectivity index (χ0) is 9.84. The Morgan fingerprint density at radius 1 is 1.38 bits per heavy atom. The smallest absolute Gasteiger partial charge is 0.156 e. The summed E-state index contributed by atoms with van der Waals surface area (Å²) in [6.45, 7) is 1.99. The van der Waals surface area contributed by atoms with Crippen LogP contribution in [0.4, 0.5) is 0 Å². The third-order valence-corrected chi connectivity index (χ3v) is 1.87. The van der Waals surface area contributed by atoms with Gasteiger partial charge < -0.3 is 4.90 Å². The molecular formula is C10H15N3. The van der Waals surface area contributed by atoms with E-state index in [9.17, 15) is 0 Å². The first kappa shape index (κ1) is 9.71. The molecule has 13 heavy (non-hydrogen) atoms. The Labute approximate surface area is 79.2 Å². The second-order valence-corrected chi connectivity index (χ2v) is 2.99. The highest BCUT2D eigenvalue weighted by Gasteiger charge is 2.09. The first-order chi connectivity index (χ1) is 6.19. The Balaban J connectivity index is 3.01. The summed E-state index contributed by atoms with van der Waals surface area (Å²) in [7, 11) is 5.70. The normalized spacial score (nSPS) is 22.3. The largest absolute Gasteiger partial charge is 0.363 e. The number of dihydropyridines is 1. The van der Waals surface area contributed by atoms with E-state index in [2.05, 4.69) is 9.98 Å². The molecule has 1 rings (SSSR count). The van der Waals surface area contributed by atoms with Crippen molar-refractivity contribution < 1.29 is 0 Å². The average molecular weight is 177 g/mol. The van der Waals surface area contributed by atoms with Crippen molar-refractivity contribution in [3.05, 3.63) is 23.8 Å². The van der Waals surface area contributed by atoms with Crippen LogP contribution in [0.5, 0.6) is 0 Å². The fourth-order valence-electron chi connectivity index (χ4n) is 1.10. The van der Waals surface area contributed by atoms with E-state index in [0.29, 0.717) is 0 Å². The molecule has 0 amide bonds. The highest BCUT2D eigenvalue weighted by Crippen LogP contribution is 2.09. The van der Waals surface area contributed by atoms with Crippen LogP contribution in [-0.2, 0) is 0 Å². The highest BCUT2D eigenvalue weighted by atomic mass is 15.1. The third kappa shape index (κ3) is 2.05. The molecule has 0 fully saturated rings. The number of hydrogen-bond donors (Lipinski definition) is 0. The van der Waals surface area contributed by atoms with Gasteiger partial charge in [0.1, 0.15) is 5.84 Å². The second-order valence-electron chi connectivity index (χ2n) is 2.99. The lowest BCUT2D eigenvalue weighted by molar-refractivity contribution is 0.627. The van der Waals surface area contributed by atoms with Gasteiger partial charge in [-0.2, -0.15) is 0 Å². The topological polar surface area (TPSA) is 28.0 Å². The van der Waals surface area contributed by atoms with E-state index in [1.807, 2.05) is 44.1 Å². The van der Waals surface area contributed by atoms with Crippen molar-refractivity contribution in [2.75, 3.05) is 21.1 Å². The fraction of sp³-hybridized carbons (Fsp3) is 0.400. The summed E-state index contributed by atoms with van der Waals surface area (Å²) in [6.07, 6.45) is 6.03. The van der Waals surface area contributed by atoms with Crippen molar-refractivity contribution in [1.29, 1.82) is 0 Å². The fourth-order valence-corrected chi connectivity index (χ4v) is 1.10. The number of allylic oxidation sites excluding steroid dienone is 1. The number of aliphatic imine (C=N–C) groups is 2. The van der Waals surface area contributed by atoms with E-state index in [0.717, 1.165) is 17.2 Å². The minimum absolute atomic E-state index is 0.800. The van der Waals surface area contributed by atoms with E-state index in [1.165, 1.54) is 0 Å². The first-order valence-electron chi connectivity index (χ1n) is 4.26. The molecule has 0 N–H and O–H groups in total. The summed E-state index contributed by atoms with van der Waals surface area (Å²) in [4.78, 5) is 10.5. The van der Waals surface area contributed by atoms with E-state index < -0.39 is 0 Å². The molecule has 1 aliphatic rings.